The molecular weight excluding hydrogens is 326 g/mol. The maximum atomic E-state index is 5.32. The topological polar surface area (TPSA) is 60.0 Å². The molecule has 5 rings (SSSR count). The normalized spacial score (nSPS) is 25.2. The first-order chi connectivity index (χ1) is 12.7. The molecule has 4 heterocycles. The number of fused-ring (bicyclic) bond motifs is 1. The zero-order valence-corrected chi connectivity index (χ0v) is 16.0. The second-order valence-corrected chi connectivity index (χ2v) is 8.63. The van der Waals surface area contributed by atoms with E-state index in [2.05, 4.69) is 24.8 Å². The highest BCUT2D eigenvalue weighted by molar-refractivity contribution is 5.23. The Kier molecular flexibility index (Phi) is 3.92. The Labute approximate surface area is 154 Å². The molecule has 26 heavy (non-hydrogen) atoms. The molecule has 2 fully saturated rings. The van der Waals surface area contributed by atoms with E-state index in [1.165, 1.54) is 68.8 Å². The van der Waals surface area contributed by atoms with Gasteiger partial charge in [0.05, 0.1) is 5.69 Å². The minimum absolute atomic E-state index is 0.491. The smallest absolute Gasteiger partial charge is 0.138 e. The lowest BCUT2D eigenvalue weighted by Gasteiger charge is -2.32. The minimum Gasteiger partial charge on any atom is -0.361 e. The van der Waals surface area contributed by atoms with Crippen LogP contribution in [-0.4, -0.2) is 37.9 Å². The molecule has 6 heteroatoms. The lowest BCUT2D eigenvalue weighted by Crippen LogP contribution is -2.35. The lowest BCUT2D eigenvalue weighted by molar-refractivity contribution is 0.160. The van der Waals surface area contributed by atoms with Gasteiger partial charge in [0.2, 0.25) is 0 Å². The van der Waals surface area contributed by atoms with Gasteiger partial charge in [0.25, 0.3) is 0 Å². The number of likely N-dealkylation sites (tertiary alicyclic amines) is 1. The predicted octanol–water partition coefficient (Wildman–Crippen LogP) is 3.38. The van der Waals surface area contributed by atoms with Crippen LogP contribution in [0.2, 0.25) is 0 Å². The van der Waals surface area contributed by atoms with Gasteiger partial charge in [-0.05, 0) is 64.5 Å². The predicted molar refractivity (Wildman–Crippen MR) is 97.9 cm³/mol. The van der Waals surface area contributed by atoms with Gasteiger partial charge in [0.1, 0.15) is 17.4 Å². The van der Waals surface area contributed by atoms with Crippen molar-refractivity contribution in [3.63, 3.8) is 0 Å². The van der Waals surface area contributed by atoms with Crippen molar-refractivity contribution in [3.8, 4) is 0 Å². The van der Waals surface area contributed by atoms with Gasteiger partial charge in [-0.15, -0.1) is 10.2 Å². The molecular formula is C20H29N5O. The average molecular weight is 355 g/mol. The molecule has 3 aliphatic rings. The average Bonchev–Trinajstić information content (AvgIpc) is 3.17. The number of aromatic nitrogens is 4. The highest BCUT2D eigenvalue weighted by Gasteiger charge is 2.57. The molecule has 6 nitrogen and oxygen atoms in total. The summed E-state index contributed by atoms with van der Waals surface area (Å²) in [5.74, 6) is 4.14. The summed E-state index contributed by atoms with van der Waals surface area (Å²) in [7, 11) is 0. The molecule has 1 unspecified atom stereocenters. The molecule has 1 saturated carbocycles. The van der Waals surface area contributed by atoms with Crippen LogP contribution in [0.3, 0.4) is 0 Å². The van der Waals surface area contributed by atoms with E-state index in [0.717, 1.165) is 31.0 Å². The Bertz CT molecular complexity index is 780. The van der Waals surface area contributed by atoms with Gasteiger partial charge in [0.15, 0.2) is 0 Å². The SMILES string of the molecule is Cc1noc(C)c1CN1CCC2(CC1)CC2c1nnc2n1CCCCC2. The molecule has 0 radical (unpaired) electrons. The highest BCUT2D eigenvalue weighted by Crippen LogP contribution is 2.64. The van der Waals surface area contributed by atoms with E-state index in [-0.39, 0.29) is 0 Å². The van der Waals surface area contributed by atoms with Crippen molar-refractivity contribution in [1.29, 1.82) is 0 Å². The van der Waals surface area contributed by atoms with Crippen LogP contribution >= 0.6 is 0 Å². The van der Waals surface area contributed by atoms with Crippen molar-refractivity contribution in [2.24, 2.45) is 5.41 Å². The van der Waals surface area contributed by atoms with E-state index >= 15 is 0 Å². The summed E-state index contributed by atoms with van der Waals surface area (Å²) in [6, 6.07) is 0. The van der Waals surface area contributed by atoms with Crippen LogP contribution in [0.15, 0.2) is 4.52 Å². The number of hydrogen-bond acceptors (Lipinski definition) is 5. The third-order valence-corrected chi connectivity index (χ3v) is 7.05. The van der Waals surface area contributed by atoms with Gasteiger partial charge < -0.3 is 9.09 Å². The number of aryl methyl sites for hydroxylation is 3. The quantitative estimate of drug-likeness (QED) is 0.845. The summed E-state index contributed by atoms with van der Waals surface area (Å²) in [6.07, 6.45) is 8.86. The van der Waals surface area contributed by atoms with E-state index in [0.29, 0.717) is 11.3 Å². The molecule has 2 aromatic rings. The summed E-state index contributed by atoms with van der Waals surface area (Å²) in [4.78, 5) is 2.57. The zero-order chi connectivity index (χ0) is 17.7. The molecule has 0 N–H and O–H groups in total. The van der Waals surface area contributed by atoms with Crippen molar-refractivity contribution >= 4 is 0 Å². The van der Waals surface area contributed by atoms with Crippen LogP contribution in [0.1, 0.15) is 73.1 Å². The largest absolute Gasteiger partial charge is 0.361 e. The Morgan fingerprint density at radius 1 is 1.08 bits per heavy atom. The Morgan fingerprint density at radius 2 is 1.92 bits per heavy atom. The number of hydrogen-bond donors (Lipinski definition) is 0. The highest BCUT2D eigenvalue weighted by atomic mass is 16.5. The van der Waals surface area contributed by atoms with Gasteiger partial charge in [-0.1, -0.05) is 11.6 Å². The fourth-order valence-corrected chi connectivity index (χ4v) is 5.14. The monoisotopic (exact) mass is 355 g/mol. The second-order valence-electron chi connectivity index (χ2n) is 8.63. The molecule has 140 valence electrons. The fraction of sp³-hybridized carbons (Fsp3) is 0.750. The van der Waals surface area contributed by atoms with Crippen LogP contribution in [0.25, 0.3) is 0 Å². The van der Waals surface area contributed by atoms with Crippen LogP contribution in [0.4, 0.5) is 0 Å². The molecule has 1 atom stereocenters. The molecule has 0 bridgehead atoms. The number of piperidine rings is 1. The number of nitrogens with zero attached hydrogens (tertiary/aromatic N) is 5. The minimum atomic E-state index is 0.491. The van der Waals surface area contributed by atoms with Crippen LogP contribution in [-0.2, 0) is 19.5 Å². The third-order valence-electron chi connectivity index (χ3n) is 7.05. The number of rotatable bonds is 3. The third kappa shape index (κ3) is 2.70. The van der Waals surface area contributed by atoms with Crippen molar-refractivity contribution in [3.05, 3.63) is 28.7 Å². The van der Waals surface area contributed by atoms with Gasteiger partial charge >= 0.3 is 0 Å². The molecule has 0 amide bonds. The molecule has 1 spiro atoms. The summed E-state index contributed by atoms with van der Waals surface area (Å²) in [5.41, 5.74) is 2.81. The van der Waals surface area contributed by atoms with Gasteiger partial charge in [-0.2, -0.15) is 0 Å². The van der Waals surface area contributed by atoms with Crippen LogP contribution in [0.5, 0.6) is 0 Å². The van der Waals surface area contributed by atoms with E-state index in [1.807, 2.05) is 13.8 Å². The first-order valence-corrected chi connectivity index (χ1v) is 10.2. The maximum absolute atomic E-state index is 5.32. The molecule has 2 aliphatic heterocycles. The van der Waals surface area contributed by atoms with Gasteiger partial charge in [0, 0.05) is 31.0 Å². The summed E-state index contributed by atoms with van der Waals surface area (Å²) >= 11 is 0. The summed E-state index contributed by atoms with van der Waals surface area (Å²) in [5, 5.41) is 13.3. The van der Waals surface area contributed by atoms with Gasteiger partial charge in [-0.3, -0.25) is 4.90 Å². The van der Waals surface area contributed by atoms with Crippen molar-refractivity contribution in [1.82, 2.24) is 24.8 Å². The second kappa shape index (κ2) is 6.19. The fourth-order valence-electron chi connectivity index (χ4n) is 5.14. The Morgan fingerprint density at radius 3 is 2.69 bits per heavy atom. The first-order valence-electron chi connectivity index (χ1n) is 10.2. The molecule has 2 aromatic heterocycles. The maximum Gasteiger partial charge on any atom is 0.138 e. The molecule has 1 saturated heterocycles. The van der Waals surface area contributed by atoms with E-state index in [1.54, 1.807) is 0 Å². The van der Waals surface area contributed by atoms with Crippen LogP contribution in [0, 0.1) is 19.3 Å². The summed E-state index contributed by atoms with van der Waals surface area (Å²) < 4.78 is 7.79. The van der Waals surface area contributed by atoms with E-state index < -0.39 is 0 Å². The van der Waals surface area contributed by atoms with Crippen molar-refractivity contribution < 1.29 is 4.52 Å². The Balaban J connectivity index is 1.25. The van der Waals surface area contributed by atoms with Crippen LogP contribution < -0.4 is 0 Å². The van der Waals surface area contributed by atoms with E-state index in [4.69, 9.17) is 4.52 Å². The molecule has 1 aliphatic carbocycles. The van der Waals surface area contributed by atoms with E-state index in [9.17, 15) is 0 Å². The zero-order valence-electron chi connectivity index (χ0n) is 16.0. The first kappa shape index (κ1) is 16.5. The Hall–Kier alpha value is -1.69. The lowest BCUT2D eigenvalue weighted by atomic mass is 9.90. The molecule has 0 aromatic carbocycles. The van der Waals surface area contributed by atoms with Crippen molar-refractivity contribution in [2.75, 3.05) is 13.1 Å². The standard InChI is InChI=1S/C20H29N5O/c1-14-16(15(2)26-23-14)13-24-10-7-20(8-11-24)12-17(20)19-22-21-18-6-4-3-5-9-25(18)19/h17H,3-13H2,1-2H3. The van der Waals surface area contributed by atoms with Gasteiger partial charge in [-0.25, -0.2) is 0 Å². The summed E-state index contributed by atoms with van der Waals surface area (Å²) in [6.45, 7) is 8.51. The van der Waals surface area contributed by atoms with Crippen molar-refractivity contribution in [2.45, 2.75) is 77.8 Å².